The molecule has 0 saturated carbocycles. The Balaban J connectivity index is 2.36. The summed E-state index contributed by atoms with van der Waals surface area (Å²) >= 11 is 9.50. The Hall–Kier alpha value is -0.0500. The van der Waals surface area contributed by atoms with Gasteiger partial charge in [-0.05, 0) is 29.5 Å². The van der Waals surface area contributed by atoms with Crippen molar-refractivity contribution in [3.05, 3.63) is 33.3 Å². The molecule has 0 atom stereocenters. The van der Waals surface area contributed by atoms with Crippen LogP contribution in [0.3, 0.4) is 0 Å². The highest BCUT2D eigenvalue weighted by atomic mass is 79.9. The molecule has 0 heterocycles. The van der Waals surface area contributed by atoms with Crippen molar-refractivity contribution >= 4 is 27.5 Å². The van der Waals surface area contributed by atoms with Gasteiger partial charge in [-0.25, -0.2) is 0 Å². The fraction of sp³-hybridized carbons (Fsp3) is 0.625. The van der Waals surface area contributed by atoms with E-state index in [9.17, 15) is 0 Å². The molecule has 1 aromatic rings. The van der Waals surface area contributed by atoms with Gasteiger partial charge in [0.2, 0.25) is 0 Å². The molecule has 1 rings (SSSR count). The number of halogens is 2. The lowest BCUT2D eigenvalue weighted by molar-refractivity contribution is 0.302. The summed E-state index contributed by atoms with van der Waals surface area (Å²) in [5.74, 6) is 0. The second-order valence-electron chi connectivity index (χ2n) is 5.96. The van der Waals surface area contributed by atoms with Crippen LogP contribution in [0.4, 0.5) is 0 Å². The van der Waals surface area contributed by atoms with Gasteiger partial charge in [0.1, 0.15) is 0 Å². The molecule has 3 heteroatoms. The minimum absolute atomic E-state index is 0.369. The molecule has 0 aliphatic rings. The third kappa shape index (κ3) is 6.78. The molecule has 1 N–H and O–H groups in total. The molecule has 0 spiro atoms. The van der Waals surface area contributed by atoms with Crippen LogP contribution in [-0.2, 0) is 6.54 Å². The van der Waals surface area contributed by atoms with Gasteiger partial charge in [-0.2, -0.15) is 0 Å². The van der Waals surface area contributed by atoms with Crippen LogP contribution in [0, 0.1) is 5.41 Å². The Morgan fingerprint density at radius 3 is 2.63 bits per heavy atom. The molecule has 1 aromatic carbocycles. The summed E-state index contributed by atoms with van der Waals surface area (Å²) in [5, 5.41) is 4.33. The lowest BCUT2D eigenvalue weighted by atomic mass is 9.87. The summed E-state index contributed by atoms with van der Waals surface area (Å²) in [4.78, 5) is 0. The van der Waals surface area contributed by atoms with Gasteiger partial charge in [0.05, 0.1) is 0 Å². The van der Waals surface area contributed by atoms with Gasteiger partial charge in [0, 0.05) is 22.6 Å². The summed E-state index contributed by atoms with van der Waals surface area (Å²) in [5.41, 5.74) is 1.63. The normalized spacial score (nSPS) is 11.8. The molecule has 108 valence electrons. The third-order valence-electron chi connectivity index (χ3n) is 3.39. The monoisotopic (exact) mass is 345 g/mol. The van der Waals surface area contributed by atoms with E-state index in [-0.39, 0.29) is 0 Å². The molecule has 0 aromatic heterocycles. The number of hydrogen-bond donors (Lipinski definition) is 1. The van der Waals surface area contributed by atoms with E-state index in [0.717, 1.165) is 22.6 Å². The van der Waals surface area contributed by atoms with Crippen molar-refractivity contribution < 1.29 is 0 Å². The standard InChI is InChI=1S/C16H25BrClN/c1-4-5-6-9-16(2,3)12-19-11-13-7-8-14(18)10-15(13)17/h7-8,10,19H,4-6,9,11-12H2,1-3H3. The van der Waals surface area contributed by atoms with Crippen molar-refractivity contribution in [3.8, 4) is 0 Å². The van der Waals surface area contributed by atoms with E-state index in [1.165, 1.54) is 31.2 Å². The highest BCUT2D eigenvalue weighted by molar-refractivity contribution is 9.10. The van der Waals surface area contributed by atoms with Crippen LogP contribution in [0.5, 0.6) is 0 Å². The smallest absolute Gasteiger partial charge is 0.0417 e. The topological polar surface area (TPSA) is 12.0 Å². The molecular weight excluding hydrogens is 322 g/mol. The first kappa shape index (κ1) is 17.0. The van der Waals surface area contributed by atoms with Gasteiger partial charge in [-0.15, -0.1) is 0 Å². The Labute approximate surface area is 131 Å². The van der Waals surface area contributed by atoms with Gasteiger partial charge in [0.15, 0.2) is 0 Å². The third-order valence-corrected chi connectivity index (χ3v) is 4.36. The predicted molar refractivity (Wildman–Crippen MR) is 88.8 cm³/mol. The largest absolute Gasteiger partial charge is 0.312 e. The Morgan fingerprint density at radius 1 is 1.26 bits per heavy atom. The molecule has 0 aliphatic carbocycles. The summed E-state index contributed by atoms with van der Waals surface area (Å²) in [6, 6.07) is 5.96. The first-order chi connectivity index (χ1) is 8.94. The quantitative estimate of drug-likeness (QED) is 0.587. The van der Waals surface area contributed by atoms with Crippen LogP contribution >= 0.6 is 27.5 Å². The van der Waals surface area contributed by atoms with Crippen molar-refractivity contribution in [2.24, 2.45) is 5.41 Å². The van der Waals surface area contributed by atoms with Crippen molar-refractivity contribution in [2.45, 2.75) is 53.0 Å². The molecule has 0 amide bonds. The maximum atomic E-state index is 5.94. The lowest BCUT2D eigenvalue weighted by Gasteiger charge is -2.25. The second kappa shape index (κ2) is 8.28. The summed E-state index contributed by atoms with van der Waals surface area (Å²) in [6.45, 7) is 8.86. The Morgan fingerprint density at radius 2 is 2.00 bits per heavy atom. The van der Waals surface area contributed by atoms with E-state index in [4.69, 9.17) is 11.6 Å². The minimum atomic E-state index is 0.369. The maximum Gasteiger partial charge on any atom is 0.0417 e. The average molecular weight is 347 g/mol. The lowest BCUT2D eigenvalue weighted by Crippen LogP contribution is -2.29. The van der Waals surface area contributed by atoms with Crippen molar-refractivity contribution in [2.75, 3.05) is 6.54 Å². The zero-order chi connectivity index (χ0) is 14.3. The summed E-state index contributed by atoms with van der Waals surface area (Å²) in [6.07, 6.45) is 5.25. The predicted octanol–water partition coefficient (Wildman–Crippen LogP) is 5.80. The van der Waals surface area contributed by atoms with Gasteiger partial charge >= 0.3 is 0 Å². The van der Waals surface area contributed by atoms with E-state index >= 15 is 0 Å². The van der Waals surface area contributed by atoms with Crippen LogP contribution in [-0.4, -0.2) is 6.54 Å². The Bertz CT molecular complexity index is 390. The SMILES string of the molecule is CCCCCC(C)(C)CNCc1ccc(Cl)cc1Br. The molecule has 0 bridgehead atoms. The second-order valence-corrected chi connectivity index (χ2v) is 7.25. The van der Waals surface area contributed by atoms with E-state index in [1.807, 2.05) is 12.1 Å². The van der Waals surface area contributed by atoms with Gasteiger partial charge < -0.3 is 5.32 Å². The molecule has 0 fully saturated rings. The van der Waals surface area contributed by atoms with Crippen LogP contribution < -0.4 is 5.32 Å². The fourth-order valence-electron chi connectivity index (χ4n) is 2.14. The molecule has 0 aliphatic heterocycles. The van der Waals surface area contributed by atoms with Crippen molar-refractivity contribution in [1.29, 1.82) is 0 Å². The minimum Gasteiger partial charge on any atom is -0.312 e. The molecule has 0 unspecified atom stereocenters. The zero-order valence-corrected chi connectivity index (χ0v) is 14.6. The fourth-order valence-corrected chi connectivity index (χ4v) is 2.97. The van der Waals surface area contributed by atoms with Crippen LogP contribution in [0.2, 0.25) is 5.02 Å². The molecule has 0 radical (unpaired) electrons. The number of nitrogens with one attached hydrogen (secondary N) is 1. The van der Waals surface area contributed by atoms with Gasteiger partial charge in [-0.1, -0.05) is 73.6 Å². The highest BCUT2D eigenvalue weighted by Crippen LogP contribution is 2.24. The van der Waals surface area contributed by atoms with E-state index in [2.05, 4.69) is 48.1 Å². The number of hydrogen-bond acceptors (Lipinski definition) is 1. The first-order valence-corrected chi connectivity index (χ1v) is 8.26. The average Bonchev–Trinajstić information content (AvgIpc) is 2.32. The van der Waals surface area contributed by atoms with E-state index in [1.54, 1.807) is 0 Å². The molecule has 0 saturated heterocycles. The number of benzene rings is 1. The molecular formula is C16H25BrClN. The van der Waals surface area contributed by atoms with Crippen LogP contribution in [0.15, 0.2) is 22.7 Å². The maximum absolute atomic E-state index is 5.94. The van der Waals surface area contributed by atoms with E-state index < -0.39 is 0 Å². The van der Waals surface area contributed by atoms with Crippen LogP contribution in [0.1, 0.15) is 52.0 Å². The summed E-state index contributed by atoms with van der Waals surface area (Å²) < 4.78 is 1.08. The van der Waals surface area contributed by atoms with Crippen molar-refractivity contribution in [3.63, 3.8) is 0 Å². The molecule has 19 heavy (non-hydrogen) atoms. The zero-order valence-electron chi connectivity index (χ0n) is 12.2. The molecule has 1 nitrogen and oxygen atoms in total. The van der Waals surface area contributed by atoms with Crippen LogP contribution in [0.25, 0.3) is 0 Å². The van der Waals surface area contributed by atoms with Gasteiger partial charge in [0.25, 0.3) is 0 Å². The Kier molecular flexibility index (Phi) is 7.41. The first-order valence-electron chi connectivity index (χ1n) is 7.09. The van der Waals surface area contributed by atoms with Gasteiger partial charge in [-0.3, -0.25) is 0 Å². The highest BCUT2D eigenvalue weighted by Gasteiger charge is 2.16. The number of unbranched alkanes of at least 4 members (excludes halogenated alkanes) is 2. The van der Waals surface area contributed by atoms with E-state index in [0.29, 0.717) is 5.41 Å². The number of rotatable bonds is 8. The van der Waals surface area contributed by atoms with Crippen molar-refractivity contribution in [1.82, 2.24) is 5.32 Å². The summed E-state index contributed by atoms with van der Waals surface area (Å²) in [7, 11) is 0.